The number of nitrogens with zero attached hydrogens (tertiary/aromatic N) is 2. The lowest BCUT2D eigenvalue weighted by atomic mass is 10.1. The number of anilines is 2. The Morgan fingerprint density at radius 3 is 2.77 bits per heavy atom. The first-order valence-corrected chi connectivity index (χ1v) is 7.41. The van der Waals surface area contributed by atoms with Crippen LogP contribution < -0.4 is 10.9 Å². The second kappa shape index (κ2) is 6.90. The van der Waals surface area contributed by atoms with Crippen LogP contribution in [0.5, 0.6) is 0 Å². The van der Waals surface area contributed by atoms with Crippen LogP contribution in [0, 0.1) is 24.2 Å². The minimum Gasteiger partial charge on any atom is -0.339 e. The Morgan fingerprint density at radius 1 is 1.41 bits per heavy atom. The largest absolute Gasteiger partial charge is 0.339 e. The molecule has 0 unspecified atom stereocenters. The zero-order chi connectivity index (χ0) is 16.1. The number of hydrogen-bond donors (Lipinski definition) is 2. The molecular weight excluding hydrogens is 276 g/mol. The lowest BCUT2D eigenvalue weighted by molar-refractivity contribution is 0.542. The maximum Gasteiger partial charge on any atom is 0.271 e. The first-order chi connectivity index (χ1) is 10.5. The molecule has 0 saturated carbocycles. The average Bonchev–Trinajstić information content (AvgIpc) is 2.49. The van der Waals surface area contributed by atoms with Crippen LogP contribution in [0.2, 0.25) is 0 Å². The molecule has 2 aromatic rings. The molecule has 5 nitrogen and oxygen atoms in total. The molecule has 22 heavy (non-hydrogen) atoms. The van der Waals surface area contributed by atoms with Crippen molar-refractivity contribution in [2.75, 3.05) is 5.32 Å². The third-order valence-corrected chi connectivity index (χ3v) is 3.72. The van der Waals surface area contributed by atoms with Crippen molar-refractivity contribution >= 4 is 11.5 Å². The van der Waals surface area contributed by atoms with Crippen LogP contribution in [0.4, 0.5) is 11.5 Å². The van der Waals surface area contributed by atoms with Crippen molar-refractivity contribution in [1.29, 1.82) is 5.26 Å². The van der Waals surface area contributed by atoms with Gasteiger partial charge in [-0.15, -0.1) is 0 Å². The predicted molar refractivity (Wildman–Crippen MR) is 87.2 cm³/mol. The summed E-state index contributed by atoms with van der Waals surface area (Å²) in [4.78, 5) is 19.2. The van der Waals surface area contributed by atoms with Gasteiger partial charge < -0.3 is 10.3 Å². The Kier molecular flexibility index (Phi) is 4.95. The van der Waals surface area contributed by atoms with E-state index in [0.29, 0.717) is 24.0 Å². The molecule has 1 atom stereocenters. The van der Waals surface area contributed by atoms with E-state index in [1.54, 1.807) is 0 Å². The Balaban J connectivity index is 2.43. The number of rotatable bonds is 5. The molecule has 1 aromatic heterocycles. The molecule has 0 amide bonds. The van der Waals surface area contributed by atoms with Crippen molar-refractivity contribution in [2.45, 2.75) is 33.6 Å². The Hall–Kier alpha value is -2.61. The van der Waals surface area contributed by atoms with Gasteiger partial charge in [0.1, 0.15) is 11.9 Å². The molecule has 0 spiro atoms. The summed E-state index contributed by atoms with van der Waals surface area (Å²) in [5, 5.41) is 12.3. The second-order valence-electron chi connectivity index (χ2n) is 5.51. The molecule has 0 radical (unpaired) electrons. The quantitative estimate of drug-likeness (QED) is 0.887. The third-order valence-electron chi connectivity index (χ3n) is 3.72. The second-order valence-corrected chi connectivity index (χ2v) is 5.51. The monoisotopic (exact) mass is 296 g/mol. The number of hydrogen-bond acceptors (Lipinski definition) is 4. The smallest absolute Gasteiger partial charge is 0.271 e. The van der Waals surface area contributed by atoms with E-state index >= 15 is 0 Å². The van der Waals surface area contributed by atoms with Crippen LogP contribution in [0.25, 0.3) is 0 Å². The van der Waals surface area contributed by atoms with Crippen LogP contribution in [0.15, 0.2) is 29.1 Å². The third kappa shape index (κ3) is 3.53. The Labute approximate surface area is 130 Å². The molecule has 0 aliphatic carbocycles. The summed E-state index contributed by atoms with van der Waals surface area (Å²) in [6.07, 6.45) is 1.68. The van der Waals surface area contributed by atoms with Gasteiger partial charge in [-0.1, -0.05) is 38.5 Å². The summed E-state index contributed by atoms with van der Waals surface area (Å²) >= 11 is 0. The van der Waals surface area contributed by atoms with E-state index in [2.05, 4.69) is 29.1 Å². The van der Waals surface area contributed by atoms with Crippen LogP contribution in [0.1, 0.15) is 37.2 Å². The summed E-state index contributed by atoms with van der Waals surface area (Å²) in [5.41, 5.74) is 1.48. The minimum atomic E-state index is -0.396. The van der Waals surface area contributed by atoms with E-state index in [0.717, 1.165) is 17.7 Å². The number of aromatic amines is 1. The highest BCUT2D eigenvalue weighted by Gasteiger charge is 2.13. The van der Waals surface area contributed by atoms with Gasteiger partial charge in [-0.05, 0) is 24.5 Å². The molecule has 2 N–H and O–H groups in total. The molecule has 5 heteroatoms. The molecule has 2 rings (SSSR count). The average molecular weight is 296 g/mol. The maximum atomic E-state index is 12.1. The summed E-state index contributed by atoms with van der Waals surface area (Å²) in [5.74, 6) is 1.34. The van der Waals surface area contributed by atoms with Gasteiger partial charge >= 0.3 is 0 Å². The number of nitriles is 1. The van der Waals surface area contributed by atoms with Gasteiger partial charge in [0.15, 0.2) is 11.4 Å². The molecular formula is C17H20N4O. The van der Waals surface area contributed by atoms with E-state index < -0.39 is 5.56 Å². The number of H-pyrrole nitrogens is 1. The highest BCUT2D eigenvalue weighted by atomic mass is 16.1. The molecule has 1 aromatic carbocycles. The van der Waals surface area contributed by atoms with Gasteiger partial charge in [0, 0.05) is 12.1 Å². The van der Waals surface area contributed by atoms with Crippen molar-refractivity contribution in [3.8, 4) is 6.07 Å². The summed E-state index contributed by atoms with van der Waals surface area (Å²) in [6.45, 7) is 6.16. The van der Waals surface area contributed by atoms with E-state index in [-0.39, 0.29) is 5.56 Å². The standard InChI is InChI=1S/C17H20N4O/c1-4-11(2)9-15-20-16(13(10-18)17(22)21-15)19-14-8-6-5-7-12(14)3/h5-8,11H,4,9H2,1-3H3,(H2,19,20,21,22)/t11-/m0/s1. The minimum absolute atomic E-state index is 0.0103. The van der Waals surface area contributed by atoms with Crippen molar-refractivity contribution in [3.05, 3.63) is 51.6 Å². The fraction of sp³-hybridized carbons (Fsp3) is 0.353. The first kappa shape index (κ1) is 15.8. The van der Waals surface area contributed by atoms with Crippen molar-refractivity contribution in [2.24, 2.45) is 5.92 Å². The summed E-state index contributed by atoms with van der Waals surface area (Å²) in [7, 11) is 0. The molecule has 1 heterocycles. The summed E-state index contributed by atoms with van der Waals surface area (Å²) < 4.78 is 0. The van der Waals surface area contributed by atoms with Gasteiger partial charge in [-0.2, -0.15) is 5.26 Å². The number of benzene rings is 1. The highest BCUT2D eigenvalue weighted by Crippen LogP contribution is 2.20. The number of aromatic nitrogens is 2. The molecule has 0 saturated heterocycles. The van der Waals surface area contributed by atoms with E-state index in [9.17, 15) is 10.1 Å². The zero-order valence-electron chi connectivity index (χ0n) is 13.1. The van der Waals surface area contributed by atoms with E-state index in [1.807, 2.05) is 37.3 Å². The lowest BCUT2D eigenvalue weighted by Crippen LogP contribution is -2.19. The SMILES string of the molecule is CC[C@H](C)Cc1nc(Nc2ccccc2C)c(C#N)c(=O)[nH]1. The van der Waals surface area contributed by atoms with Crippen LogP contribution in [-0.4, -0.2) is 9.97 Å². The van der Waals surface area contributed by atoms with Gasteiger partial charge in [0.2, 0.25) is 0 Å². The summed E-state index contributed by atoms with van der Waals surface area (Å²) in [6, 6.07) is 9.62. The lowest BCUT2D eigenvalue weighted by Gasteiger charge is -2.12. The van der Waals surface area contributed by atoms with E-state index in [4.69, 9.17) is 0 Å². The van der Waals surface area contributed by atoms with Crippen molar-refractivity contribution < 1.29 is 0 Å². The zero-order valence-corrected chi connectivity index (χ0v) is 13.1. The van der Waals surface area contributed by atoms with Crippen molar-refractivity contribution in [1.82, 2.24) is 9.97 Å². The molecule has 0 fully saturated rings. The van der Waals surface area contributed by atoms with Crippen LogP contribution in [0.3, 0.4) is 0 Å². The normalized spacial score (nSPS) is 11.7. The van der Waals surface area contributed by atoms with Crippen molar-refractivity contribution in [3.63, 3.8) is 0 Å². The van der Waals surface area contributed by atoms with Crippen LogP contribution >= 0.6 is 0 Å². The Bertz CT molecular complexity index is 758. The number of aryl methyl sites for hydroxylation is 1. The molecule has 0 bridgehead atoms. The van der Waals surface area contributed by atoms with Gasteiger partial charge in [-0.25, -0.2) is 4.98 Å². The fourth-order valence-corrected chi connectivity index (χ4v) is 2.13. The van der Waals surface area contributed by atoms with Gasteiger partial charge in [0.25, 0.3) is 5.56 Å². The first-order valence-electron chi connectivity index (χ1n) is 7.41. The van der Waals surface area contributed by atoms with Gasteiger partial charge in [0.05, 0.1) is 0 Å². The van der Waals surface area contributed by atoms with E-state index in [1.165, 1.54) is 0 Å². The highest BCUT2D eigenvalue weighted by molar-refractivity contribution is 5.64. The Morgan fingerprint density at radius 2 is 2.14 bits per heavy atom. The molecule has 114 valence electrons. The molecule has 0 aliphatic heterocycles. The fourth-order valence-electron chi connectivity index (χ4n) is 2.13. The van der Waals surface area contributed by atoms with Gasteiger partial charge in [-0.3, -0.25) is 4.79 Å². The topological polar surface area (TPSA) is 81.6 Å². The number of nitrogens with one attached hydrogen (secondary N) is 2. The maximum absolute atomic E-state index is 12.1. The molecule has 0 aliphatic rings. The van der Waals surface area contributed by atoms with Crippen LogP contribution in [-0.2, 0) is 6.42 Å². The predicted octanol–water partition coefficient (Wildman–Crippen LogP) is 3.28. The number of para-hydroxylation sites is 1.